The van der Waals surface area contributed by atoms with E-state index in [4.69, 9.17) is 21.1 Å². The molecule has 1 unspecified atom stereocenters. The third kappa shape index (κ3) is 4.23. The van der Waals surface area contributed by atoms with Gasteiger partial charge in [-0.3, -0.25) is 9.59 Å². The van der Waals surface area contributed by atoms with E-state index in [1.54, 1.807) is 24.4 Å². The van der Waals surface area contributed by atoms with Crippen LogP contribution in [-0.4, -0.2) is 36.4 Å². The topological polar surface area (TPSA) is 69.6 Å². The number of ether oxygens (including phenoxy) is 2. The van der Waals surface area contributed by atoms with Crippen molar-refractivity contribution < 1.29 is 14.3 Å². The zero-order valence-corrected chi connectivity index (χ0v) is 13.7. The van der Waals surface area contributed by atoms with Crippen LogP contribution in [0.4, 0.5) is 5.69 Å². The van der Waals surface area contributed by atoms with E-state index in [1.807, 2.05) is 12.1 Å². The Kier molecular flexibility index (Phi) is 5.30. The van der Waals surface area contributed by atoms with Gasteiger partial charge in [-0.25, -0.2) is 0 Å². The van der Waals surface area contributed by atoms with Gasteiger partial charge in [0.05, 0.1) is 32.1 Å². The number of nitrogens with zero attached hydrogens (tertiary/aromatic N) is 1. The molecule has 0 aliphatic carbocycles. The van der Waals surface area contributed by atoms with Gasteiger partial charge in [0.1, 0.15) is 0 Å². The fraction of sp³-hybridized carbons (Fsp3) is 0.294. The molecule has 2 heterocycles. The number of aromatic nitrogens is 1. The first-order chi connectivity index (χ1) is 11.6. The molecule has 7 heteroatoms. The van der Waals surface area contributed by atoms with E-state index >= 15 is 0 Å². The minimum atomic E-state index is -0.629. The Morgan fingerprint density at radius 1 is 1.21 bits per heavy atom. The van der Waals surface area contributed by atoms with Crippen molar-refractivity contribution in [3.63, 3.8) is 0 Å². The lowest BCUT2D eigenvalue weighted by molar-refractivity contribution is -0.142. The van der Waals surface area contributed by atoms with Crippen molar-refractivity contribution in [2.45, 2.75) is 12.6 Å². The number of nitrogens with one attached hydrogen (secondary N) is 1. The molecule has 1 aliphatic heterocycles. The molecule has 0 saturated carbocycles. The van der Waals surface area contributed by atoms with Crippen LogP contribution in [0.1, 0.15) is 5.56 Å². The lowest BCUT2D eigenvalue weighted by Gasteiger charge is -2.22. The Morgan fingerprint density at radius 2 is 2.00 bits per heavy atom. The number of halogens is 1. The Hall–Kier alpha value is -2.15. The second-order valence-electron chi connectivity index (χ2n) is 5.43. The van der Waals surface area contributed by atoms with Gasteiger partial charge in [-0.15, -0.1) is 0 Å². The summed E-state index contributed by atoms with van der Waals surface area (Å²) in [5.74, 6) is -0.286. The van der Waals surface area contributed by atoms with Crippen LogP contribution in [0.2, 0.25) is 5.02 Å². The van der Waals surface area contributed by atoms with Crippen molar-refractivity contribution in [1.82, 2.24) is 4.57 Å². The van der Waals surface area contributed by atoms with Gasteiger partial charge in [0.15, 0.2) is 6.10 Å². The van der Waals surface area contributed by atoms with Crippen molar-refractivity contribution in [2.75, 3.05) is 25.1 Å². The number of pyridine rings is 1. The summed E-state index contributed by atoms with van der Waals surface area (Å²) in [4.78, 5) is 24.2. The molecular formula is C17H17ClN2O4. The van der Waals surface area contributed by atoms with Crippen molar-refractivity contribution in [3.8, 4) is 0 Å². The van der Waals surface area contributed by atoms with Gasteiger partial charge in [-0.2, -0.15) is 0 Å². The number of carbonyl (C=O) groups is 1. The molecular weight excluding hydrogens is 332 g/mol. The summed E-state index contributed by atoms with van der Waals surface area (Å²) in [5.41, 5.74) is 1.32. The lowest BCUT2D eigenvalue weighted by Crippen LogP contribution is -2.39. The zero-order valence-electron chi connectivity index (χ0n) is 12.9. The molecule has 1 aromatic carbocycles. The third-order valence-corrected chi connectivity index (χ3v) is 3.88. The zero-order chi connectivity index (χ0) is 16.9. The van der Waals surface area contributed by atoms with E-state index in [1.165, 1.54) is 10.6 Å². The first-order valence-electron chi connectivity index (χ1n) is 7.57. The van der Waals surface area contributed by atoms with Crippen molar-refractivity contribution in [3.05, 3.63) is 63.5 Å². The molecule has 1 atom stereocenters. The normalized spacial score (nSPS) is 17.5. The summed E-state index contributed by atoms with van der Waals surface area (Å²) in [6.07, 6.45) is 0.980. The molecule has 2 aromatic rings. The molecule has 3 rings (SSSR count). The highest BCUT2D eigenvalue weighted by molar-refractivity contribution is 6.30. The average Bonchev–Trinajstić information content (AvgIpc) is 2.60. The van der Waals surface area contributed by atoms with Crippen LogP contribution in [0.3, 0.4) is 0 Å². The van der Waals surface area contributed by atoms with Gasteiger partial charge in [0, 0.05) is 17.3 Å². The monoisotopic (exact) mass is 348 g/mol. The van der Waals surface area contributed by atoms with Crippen molar-refractivity contribution in [1.29, 1.82) is 0 Å². The second kappa shape index (κ2) is 7.61. The summed E-state index contributed by atoms with van der Waals surface area (Å²) in [5, 5.41) is 3.39. The summed E-state index contributed by atoms with van der Waals surface area (Å²) in [7, 11) is 0. The molecule has 0 bridgehead atoms. The number of anilines is 1. The molecule has 1 amide bonds. The van der Waals surface area contributed by atoms with Gasteiger partial charge < -0.3 is 19.4 Å². The van der Waals surface area contributed by atoms with Crippen LogP contribution in [0, 0.1) is 0 Å². The largest absolute Gasteiger partial charge is 0.376 e. The number of benzene rings is 1. The van der Waals surface area contributed by atoms with Gasteiger partial charge in [0.25, 0.3) is 11.5 Å². The quantitative estimate of drug-likeness (QED) is 0.916. The van der Waals surface area contributed by atoms with Crippen LogP contribution in [0.25, 0.3) is 0 Å². The molecule has 0 spiro atoms. The maximum absolute atomic E-state index is 12.1. The fourth-order valence-corrected chi connectivity index (χ4v) is 2.50. The number of hydrogen-bond acceptors (Lipinski definition) is 4. The molecule has 1 aliphatic rings. The van der Waals surface area contributed by atoms with Crippen molar-refractivity contribution >= 4 is 23.2 Å². The minimum Gasteiger partial charge on any atom is -0.376 e. The van der Waals surface area contributed by atoms with Gasteiger partial charge >= 0.3 is 0 Å². The van der Waals surface area contributed by atoms with Gasteiger partial charge in [-0.1, -0.05) is 23.7 Å². The Balaban J connectivity index is 1.72. The highest BCUT2D eigenvalue weighted by Crippen LogP contribution is 2.12. The smallest absolute Gasteiger partial charge is 0.255 e. The van der Waals surface area contributed by atoms with Crippen LogP contribution in [-0.2, 0) is 20.8 Å². The van der Waals surface area contributed by atoms with Gasteiger partial charge in [0.2, 0.25) is 0 Å². The predicted molar refractivity (Wildman–Crippen MR) is 90.4 cm³/mol. The van der Waals surface area contributed by atoms with E-state index in [2.05, 4.69) is 5.32 Å². The molecule has 1 N–H and O–H groups in total. The first kappa shape index (κ1) is 16.7. The Bertz CT molecular complexity index is 767. The summed E-state index contributed by atoms with van der Waals surface area (Å²) >= 11 is 5.86. The average molecular weight is 349 g/mol. The summed E-state index contributed by atoms with van der Waals surface area (Å²) in [6.45, 7) is 1.52. The van der Waals surface area contributed by atoms with Crippen LogP contribution in [0.5, 0.6) is 0 Å². The molecule has 24 heavy (non-hydrogen) atoms. The number of rotatable bonds is 4. The molecule has 0 radical (unpaired) electrons. The standard InChI is InChI=1S/C17H17ClN2O4/c18-13-3-1-12(2-4-13)9-20-10-14(5-6-16(20)21)19-17(22)15-11-23-7-8-24-15/h1-6,10,15H,7-9,11H2,(H,19,22). The first-order valence-corrected chi connectivity index (χ1v) is 7.95. The summed E-state index contributed by atoms with van der Waals surface area (Å²) < 4.78 is 12.1. The number of carbonyl (C=O) groups excluding carboxylic acids is 1. The highest BCUT2D eigenvalue weighted by atomic mass is 35.5. The van der Waals surface area contributed by atoms with E-state index in [-0.39, 0.29) is 18.1 Å². The molecule has 6 nitrogen and oxygen atoms in total. The maximum Gasteiger partial charge on any atom is 0.255 e. The Morgan fingerprint density at radius 3 is 2.71 bits per heavy atom. The highest BCUT2D eigenvalue weighted by Gasteiger charge is 2.22. The van der Waals surface area contributed by atoms with E-state index in [9.17, 15) is 9.59 Å². The molecule has 126 valence electrons. The van der Waals surface area contributed by atoms with E-state index in [0.717, 1.165) is 5.56 Å². The number of hydrogen-bond donors (Lipinski definition) is 1. The SMILES string of the molecule is O=C(Nc1ccc(=O)n(Cc2ccc(Cl)cc2)c1)C1COCCO1. The molecule has 1 fully saturated rings. The molecule has 1 aromatic heterocycles. The Labute approximate surface area is 144 Å². The van der Waals surface area contributed by atoms with E-state index < -0.39 is 6.10 Å². The summed E-state index contributed by atoms with van der Waals surface area (Å²) in [6, 6.07) is 10.2. The van der Waals surface area contributed by atoms with Crippen LogP contribution >= 0.6 is 11.6 Å². The third-order valence-electron chi connectivity index (χ3n) is 3.63. The van der Waals surface area contributed by atoms with Crippen molar-refractivity contribution in [2.24, 2.45) is 0 Å². The van der Waals surface area contributed by atoms with E-state index in [0.29, 0.717) is 30.5 Å². The van der Waals surface area contributed by atoms with Crippen LogP contribution < -0.4 is 10.9 Å². The lowest BCUT2D eigenvalue weighted by atomic mass is 10.2. The second-order valence-corrected chi connectivity index (χ2v) is 5.87. The predicted octanol–water partition coefficient (Wildman–Crippen LogP) is 1.90. The number of amides is 1. The minimum absolute atomic E-state index is 0.153. The maximum atomic E-state index is 12.1. The fourth-order valence-electron chi connectivity index (χ4n) is 2.38. The van der Waals surface area contributed by atoms with Gasteiger partial charge in [-0.05, 0) is 23.8 Å². The van der Waals surface area contributed by atoms with Crippen LogP contribution in [0.15, 0.2) is 47.4 Å². The molecule has 1 saturated heterocycles.